The summed E-state index contributed by atoms with van der Waals surface area (Å²) in [5.74, 6) is 0. The topological polar surface area (TPSA) is 6.48 Å². The van der Waals surface area contributed by atoms with Gasteiger partial charge in [-0.2, -0.15) is 0 Å². The number of rotatable bonds is 4. The number of hydrogen-bond donors (Lipinski definition) is 0. The third-order valence-electron chi connectivity index (χ3n) is 16.0. The third kappa shape index (κ3) is 6.99. The normalized spacial score (nSPS) is 13.5. The molecule has 354 valence electrons. The minimum Gasteiger partial charge on any atom is -0.310 e. The smallest absolute Gasteiger partial charge is 0.252 e. The van der Waals surface area contributed by atoms with Gasteiger partial charge in [-0.25, -0.2) is 0 Å². The number of hydrogen-bond acceptors (Lipinski definition) is 2. The molecule has 3 heteroatoms. The lowest BCUT2D eigenvalue weighted by Gasteiger charge is -2.46. The Morgan fingerprint density at radius 2 is 0.589 bits per heavy atom. The van der Waals surface area contributed by atoms with Crippen LogP contribution in [0, 0.1) is 0 Å². The summed E-state index contributed by atoms with van der Waals surface area (Å²) in [7, 11) is 0. The van der Waals surface area contributed by atoms with Gasteiger partial charge >= 0.3 is 0 Å². The fourth-order valence-corrected chi connectivity index (χ4v) is 12.4. The Hall–Kier alpha value is -7.88. The SMILES string of the molecule is CC(C)(C)c1ccc2c(c1)B1c3cc(C(C)(C)C)ccc3N(c3c4ccccc4c(-c4ccccc4)c4ccccc34)c3cc(C(C)(C)C)cc(c31)N2c1c2ccccc2c(-c2ccccc2)c2ccccc12. The molecule has 2 nitrogen and oxygen atoms in total. The molecule has 2 heterocycles. The van der Waals surface area contributed by atoms with E-state index >= 15 is 0 Å². The van der Waals surface area contributed by atoms with Crippen LogP contribution in [0.3, 0.4) is 0 Å². The molecule has 0 saturated heterocycles. The van der Waals surface area contributed by atoms with Crippen LogP contribution in [-0.2, 0) is 16.2 Å². The number of anilines is 6. The maximum absolute atomic E-state index is 2.69. The third-order valence-corrected chi connectivity index (χ3v) is 16.0. The predicted molar refractivity (Wildman–Crippen MR) is 317 cm³/mol. The Labute approximate surface area is 431 Å². The van der Waals surface area contributed by atoms with Crippen LogP contribution in [0.25, 0.3) is 65.3 Å². The van der Waals surface area contributed by atoms with Gasteiger partial charge < -0.3 is 9.80 Å². The molecule has 0 fully saturated rings. The Morgan fingerprint density at radius 3 is 0.904 bits per heavy atom. The minimum absolute atomic E-state index is 0.0524. The van der Waals surface area contributed by atoms with E-state index in [9.17, 15) is 0 Å². The van der Waals surface area contributed by atoms with Crippen LogP contribution in [0.1, 0.15) is 79.0 Å². The van der Waals surface area contributed by atoms with Gasteiger partial charge in [-0.1, -0.05) is 244 Å². The fourth-order valence-electron chi connectivity index (χ4n) is 12.4. The molecule has 13 rings (SSSR count). The molecule has 0 aromatic heterocycles. The molecule has 2 aliphatic heterocycles. The summed E-state index contributed by atoms with van der Waals surface area (Å²) in [5.41, 5.74) is 20.0. The molecule has 0 saturated carbocycles. The average Bonchev–Trinajstić information content (AvgIpc) is 3.40. The molecule has 0 amide bonds. The Kier molecular flexibility index (Phi) is 10.1. The van der Waals surface area contributed by atoms with Gasteiger partial charge in [0, 0.05) is 44.3 Å². The number of benzene rings is 11. The summed E-state index contributed by atoms with van der Waals surface area (Å²) in [6.45, 7) is 21.2. The van der Waals surface area contributed by atoms with Gasteiger partial charge in [0.15, 0.2) is 0 Å². The highest BCUT2D eigenvalue weighted by atomic mass is 15.2. The summed E-state index contributed by atoms with van der Waals surface area (Å²) in [5, 5.41) is 9.92. The van der Waals surface area contributed by atoms with E-state index in [0.29, 0.717) is 0 Å². The summed E-state index contributed by atoms with van der Waals surface area (Å²) >= 11 is 0. The maximum Gasteiger partial charge on any atom is 0.252 e. The van der Waals surface area contributed by atoms with E-state index in [4.69, 9.17) is 0 Å². The molecule has 0 spiro atoms. The first-order chi connectivity index (χ1) is 35.2. The van der Waals surface area contributed by atoms with Crippen molar-refractivity contribution in [3.63, 3.8) is 0 Å². The van der Waals surface area contributed by atoms with Crippen molar-refractivity contribution in [2.75, 3.05) is 9.80 Å². The van der Waals surface area contributed by atoms with Crippen LogP contribution in [0.4, 0.5) is 34.1 Å². The van der Waals surface area contributed by atoms with E-state index in [0.717, 1.165) is 0 Å². The maximum atomic E-state index is 2.69. The first-order valence-electron chi connectivity index (χ1n) is 26.2. The zero-order valence-electron chi connectivity index (χ0n) is 43.6. The molecule has 0 radical (unpaired) electrons. The monoisotopic (exact) mass is 940 g/mol. The highest BCUT2D eigenvalue weighted by molar-refractivity contribution is 7.00. The van der Waals surface area contributed by atoms with Gasteiger partial charge in [0.25, 0.3) is 6.71 Å². The first kappa shape index (κ1) is 45.0. The average molecular weight is 941 g/mol. The van der Waals surface area contributed by atoms with Crippen molar-refractivity contribution >= 4 is 100 Å². The zero-order valence-corrected chi connectivity index (χ0v) is 43.6. The summed E-state index contributed by atoms with van der Waals surface area (Å²) < 4.78 is 0. The van der Waals surface area contributed by atoms with Crippen molar-refractivity contribution in [2.45, 2.75) is 78.6 Å². The molecule has 0 atom stereocenters. The second kappa shape index (κ2) is 16.3. The van der Waals surface area contributed by atoms with E-state index in [1.54, 1.807) is 0 Å². The fraction of sp³-hybridized carbons (Fsp3) is 0.171. The van der Waals surface area contributed by atoms with E-state index in [-0.39, 0.29) is 23.0 Å². The van der Waals surface area contributed by atoms with Gasteiger partial charge in [-0.3, -0.25) is 0 Å². The van der Waals surface area contributed by atoms with Crippen molar-refractivity contribution in [1.29, 1.82) is 0 Å². The highest BCUT2D eigenvalue weighted by Gasteiger charge is 2.46. The number of nitrogens with zero attached hydrogens (tertiary/aromatic N) is 2. The number of fused-ring (bicyclic) bond motifs is 8. The Balaban J connectivity index is 1.23. The van der Waals surface area contributed by atoms with Gasteiger partial charge in [-0.05, 0) is 117 Å². The van der Waals surface area contributed by atoms with Crippen LogP contribution in [-0.4, -0.2) is 6.71 Å². The Morgan fingerprint density at radius 1 is 0.288 bits per heavy atom. The summed E-state index contributed by atoms with van der Waals surface area (Å²) in [4.78, 5) is 5.38. The van der Waals surface area contributed by atoms with Crippen LogP contribution < -0.4 is 26.2 Å². The second-order valence-electron chi connectivity index (χ2n) is 23.7. The Bertz CT molecular complexity index is 3670. The predicted octanol–water partition coefficient (Wildman–Crippen LogP) is 17.6. The molecule has 11 aromatic rings. The van der Waals surface area contributed by atoms with Gasteiger partial charge in [-0.15, -0.1) is 0 Å². The molecule has 2 aliphatic rings. The first-order valence-corrected chi connectivity index (χ1v) is 26.2. The van der Waals surface area contributed by atoms with Crippen LogP contribution in [0.15, 0.2) is 206 Å². The van der Waals surface area contributed by atoms with Gasteiger partial charge in [0.2, 0.25) is 0 Å². The molecule has 0 unspecified atom stereocenters. The molecule has 0 bridgehead atoms. The molecular weight excluding hydrogens is 880 g/mol. The van der Waals surface area contributed by atoms with E-state index < -0.39 is 0 Å². The van der Waals surface area contributed by atoms with Crippen molar-refractivity contribution < 1.29 is 0 Å². The van der Waals surface area contributed by atoms with Crippen molar-refractivity contribution in [3.8, 4) is 22.3 Å². The second-order valence-corrected chi connectivity index (χ2v) is 23.7. The molecule has 0 aliphatic carbocycles. The van der Waals surface area contributed by atoms with Crippen molar-refractivity contribution in [2.24, 2.45) is 0 Å². The highest BCUT2D eigenvalue weighted by Crippen LogP contribution is 2.54. The lowest BCUT2D eigenvalue weighted by Crippen LogP contribution is -2.62. The zero-order chi connectivity index (χ0) is 50.1. The van der Waals surface area contributed by atoms with Crippen LogP contribution in [0.2, 0.25) is 0 Å². The molecular formula is C70H61BN2. The van der Waals surface area contributed by atoms with Crippen molar-refractivity contribution in [3.05, 3.63) is 223 Å². The summed E-state index contributed by atoms with van der Waals surface area (Å²) in [6.07, 6.45) is 0. The molecule has 0 N–H and O–H groups in total. The van der Waals surface area contributed by atoms with E-state index in [1.807, 2.05) is 0 Å². The molecule has 73 heavy (non-hydrogen) atoms. The molecule has 11 aromatic carbocycles. The lowest BCUT2D eigenvalue weighted by atomic mass is 9.33. The summed E-state index contributed by atoms with van der Waals surface area (Å²) in [6, 6.07) is 78.6. The van der Waals surface area contributed by atoms with Crippen LogP contribution in [0.5, 0.6) is 0 Å². The lowest BCUT2D eigenvalue weighted by molar-refractivity contribution is 0.590. The van der Waals surface area contributed by atoms with Crippen molar-refractivity contribution in [1.82, 2.24) is 0 Å². The standard InChI is InChI=1S/C70H61BN2/c1-68(2,3)46-36-38-59-57(40-46)71-58-41-47(69(4,5)6)37-39-60(58)73(67-55-34-22-18-30-51(55)64(45-26-14-11-15-27-45)52-31-19-23-35-56(52)67)62-43-48(70(7,8)9)42-61(65(62)71)72(59)66-53-32-20-16-28-49(53)63(44-24-12-10-13-25-44)50-29-17-21-33-54(50)66/h10-43H,1-9H3. The quantitative estimate of drug-likeness (QED) is 0.128. The minimum atomic E-state index is -0.187. The van der Waals surface area contributed by atoms with E-state index in [2.05, 4.69) is 278 Å². The van der Waals surface area contributed by atoms with Gasteiger partial charge in [0.1, 0.15) is 0 Å². The van der Waals surface area contributed by atoms with Crippen LogP contribution >= 0.6 is 0 Å². The largest absolute Gasteiger partial charge is 0.310 e. The van der Waals surface area contributed by atoms with E-state index in [1.165, 1.54) is 133 Å². The van der Waals surface area contributed by atoms with Gasteiger partial charge in [0.05, 0.1) is 11.4 Å².